The number of amides is 1. The van der Waals surface area contributed by atoms with Crippen LogP contribution in [0.4, 0.5) is 5.69 Å². The summed E-state index contributed by atoms with van der Waals surface area (Å²) in [5.74, 6) is 0.869. The first-order valence-electron chi connectivity index (χ1n) is 8.33. The summed E-state index contributed by atoms with van der Waals surface area (Å²) in [5.41, 5.74) is 7.61. The zero-order valence-electron chi connectivity index (χ0n) is 13.1. The van der Waals surface area contributed by atoms with Crippen LogP contribution in [-0.4, -0.2) is 11.9 Å². The number of carbonyl (C=O) groups is 1. The molecule has 1 atom stereocenters. The average molecular weight is 288 g/mol. The Bertz CT molecular complexity index is 435. The normalized spacial score (nSPS) is 17.4. The molecule has 3 N–H and O–H groups in total. The topological polar surface area (TPSA) is 55.1 Å². The second-order valence-corrected chi connectivity index (χ2v) is 6.22. The van der Waals surface area contributed by atoms with Crippen LogP contribution in [0.15, 0.2) is 24.3 Å². The van der Waals surface area contributed by atoms with E-state index in [1.54, 1.807) is 0 Å². The van der Waals surface area contributed by atoms with Crippen molar-refractivity contribution in [1.82, 2.24) is 5.32 Å². The maximum atomic E-state index is 12.2. The van der Waals surface area contributed by atoms with E-state index in [1.165, 1.54) is 37.7 Å². The Morgan fingerprint density at radius 3 is 2.52 bits per heavy atom. The van der Waals surface area contributed by atoms with Gasteiger partial charge in [0.05, 0.1) is 0 Å². The van der Waals surface area contributed by atoms with Crippen molar-refractivity contribution in [3.05, 3.63) is 29.8 Å². The van der Waals surface area contributed by atoms with Gasteiger partial charge < -0.3 is 11.1 Å². The van der Waals surface area contributed by atoms with Crippen molar-refractivity contribution in [2.45, 2.75) is 64.3 Å². The van der Waals surface area contributed by atoms with E-state index in [4.69, 9.17) is 5.73 Å². The number of aryl methyl sites for hydroxylation is 1. The summed E-state index contributed by atoms with van der Waals surface area (Å²) in [6, 6.07) is 8.15. The third-order valence-corrected chi connectivity index (χ3v) is 4.63. The largest absolute Gasteiger partial charge is 0.399 e. The van der Waals surface area contributed by atoms with Crippen LogP contribution in [-0.2, 0) is 11.2 Å². The molecule has 0 aliphatic heterocycles. The van der Waals surface area contributed by atoms with Crippen molar-refractivity contribution >= 4 is 11.6 Å². The number of hydrogen-bond donors (Lipinski definition) is 2. The van der Waals surface area contributed by atoms with Crippen LogP contribution in [0, 0.1) is 5.92 Å². The van der Waals surface area contributed by atoms with E-state index in [0.29, 0.717) is 18.4 Å². The van der Waals surface area contributed by atoms with Crippen LogP contribution in [0.25, 0.3) is 0 Å². The molecule has 1 unspecified atom stereocenters. The third kappa shape index (κ3) is 5.07. The summed E-state index contributed by atoms with van der Waals surface area (Å²) < 4.78 is 0. The molecule has 0 spiro atoms. The number of anilines is 1. The lowest BCUT2D eigenvalue weighted by Gasteiger charge is -2.30. The maximum absolute atomic E-state index is 12.2. The van der Waals surface area contributed by atoms with Crippen molar-refractivity contribution in [2.75, 3.05) is 5.73 Å². The molecule has 1 aliphatic rings. The van der Waals surface area contributed by atoms with Crippen molar-refractivity contribution in [2.24, 2.45) is 5.92 Å². The molecule has 1 saturated carbocycles. The number of nitrogens with two attached hydrogens (primary N) is 1. The first kappa shape index (κ1) is 15.9. The standard InChI is InChI=1S/C18H28N2O/c1-2-17(15-6-4-3-5-7-15)20-18(21)13-10-14-8-11-16(19)12-9-14/h8-9,11-12,15,17H,2-7,10,13,19H2,1H3,(H,20,21). The Kier molecular flexibility index (Phi) is 6.09. The number of nitrogen functional groups attached to an aromatic ring is 1. The fourth-order valence-corrected chi connectivity index (χ4v) is 3.31. The van der Waals surface area contributed by atoms with Crippen LogP contribution in [0.5, 0.6) is 0 Å². The molecule has 1 aliphatic carbocycles. The number of hydrogen-bond acceptors (Lipinski definition) is 2. The van der Waals surface area contributed by atoms with Crippen molar-refractivity contribution in [3.8, 4) is 0 Å². The minimum absolute atomic E-state index is 0.184. The summed E-state index contributed by atoms with van der Waals surface area (Å²) in [7, 11) is 0. The van der Waals surface area contributed by atoms with Crippen LogP contribution >= 0.6 is 0 Å². The molecule has 0 radical (unpaired) electrons. The van der Waals surface area contributed by atoms with Crippen molar-refractivity contribution in [3.63, 3.8) is 0 Å². The molecule has 1 aromatic carbocycles. The zero-order valence-corrected chi connectivity index (χ0v) is 13.1. The first-order valence-corrected chi connectivity index (χ1v) is 8.33. The molecule has 0 aromatic heterocycles. The van der Waals surface area contributed by atoms with Gasteiger partial charge in [-0.3, -0.25) is 4.79 Å². The molecule has 3 heteroatoms. The molecule has 1 amide bonds. The van der Waals surface area contributed by atoms with E-state index in [2.05, 4.69) is 12.2 Å². The van der Waals surface area contributed by atoms with Gasteiger partial charge in [-0.05, 0) is 49.3 Å². The van der Waals surface area contributed by atoms with E-state index in [1.807, 2.05) is 24.3 Å². The van der Waals surface area contributed by atoms with Gasteiger partial charge in [-0.1, -0.05) is 38.3 Å². The number of nitrogens with one attached hydrogen (secondary N) is 1. The fraction of sp³-hybridized carbons (Fsp3) is 0.611. The minimum Gasteiger partial charge on any atom is -0.399 e. The van der Waals surface area contributed by atoms with E-state index >= 15 is 0 Å². The lowest BCUT2D eigenvalue weighted by Crippen LogP contribution is -2.40. The Labute approximate surface area is 128 Å². The lowest BCUT2D eigenvalue weighted by molar-refractivity contribution is -0.122. The molecule has 3 nitrogen and oxygen atoms in total. The summed E-state index contributed by atoms with van der Waals surface area (Å²) in [6.07, 6.45) is 8.94. The van der Waals surface area contributed by atoms with Gasteiger partial charge in [0, 0.05) is 18.2 Å². The van der Waals surface area contributed by atoms with Crippen LogP contribution in [0.2, 0.25) is 0 Å². The van der Waals surface area contributed by atoms with Gasteiger partial charge in [-0.25, -0.2) is 0 Å². The summed E-state index contributed by atoms with van der Waals surface area (Å²) >= 11 is 0. The quantitative estimate of drug-likeness (QED) is 0.785. The van der Waals surface area contributed by atoms with E-state index in [9.17, 15) is 4.79 Å². The summed E-state index contributed by atoms with van der Waals surface area (Å²) in [6.45, 7) is 2.18. The predicted molar refractivity (Wildman–Crippen MR) is 88.0 cm³/mol. The van der Waals surface area contributed by atoms with Crippen LogP contribution in [0.3, 0.4) is 0 Å². The molecule has 0 bridgehead atoms. The Hall–Kier alpha value is -1.51. The highest BCUT2D eigenvalue weighted by Gasteiger charge is 2.23. The van der Waals surface area contributed by atoms with Crippen molar-refractivity contribution < 1.29 is 4.79 Å². The first-order chi connectivity index (χ1) is 10.2. The van der Waals surface area contributed by atoms with Gasteiger partial charge in [0.1, 0.15) is 0 Å². The molecule has 116 valence electrons. The van der Waals surface area contributed by atoms with Crippen LogP contribution < -0.4 is 11.1 Å². The Morgan fingerprint density at radius 2 is 1.90 bits per heavy atom. The Morgan fingerprint density at radius 1 is 1.24 bits per heavy atom. The number of benzene rings is 1. The molecule has 1 aromatic rings. The molecular formula is C18H28N2O. The average Bonchev–Trinajstić information content (AvgIpc) is 2.53. The van der Waals surface area contributed by atoms with Gasteiger partial charge >= 0.3 is 0 Å². The van der Waals surface area contributed by atoms with Gasteiger partial charge in [-0.15, -0.1) is 0 Å². The lowest BCUT2D eigenvalue weighted by atomic mass is 9.83. The molecule has 0 saturated heterocycles. The summed E-state index contributed by atoms with van der Waals surface area (Å²) in [5, 5.41) is 3.25. The SMILES string of the molecule is CCC(NC(=O)CCc1ccc(N)cc1)C1CCCCC1. The second kappa shape index (κ2) is 8.06. The fourth-order valence-electron chi connectivity index (χ4n) is 3.31. The third-order valence-electron chi connectivity index (χ3n) is 4.63. The van der Waals surface area contributed by atoms with E-state index in [0.717, 1.165) is 18.5 Å². The minimum atomic E-state index is 0.184. The Balaban J connectivity index is 1.78. The monoisotopic (exact) mass is 288 g/mol. The maximum Gasteiger partial charge on any atom is 0.220 e. The zero-order chi connectivity index (χ0) is 15.1. The number of rotatable bonds is 6. The predicted octanol–water partition coefficient (Wildman–Crippen LogP) is 3.68. The molecule has 1 fully saturated rings. The van der Waals surface area contributed by atoms with Crippen LogP contribution in [0.1, 0.15) is 57.4 Å². The highest BCUT2D eigenvalue weighted by atomic mass is 16.1. The van der Waals surface area contributed by atoms with Gasteiger partial charge in [0.15, 0.2) is 0 Å². The number of carbonyl (C=O) groups excluding carboxylic acids is 1. The smallest absolute Gasteiger partial charge is 0.220 e. The highest BCUT2D eigenvalue weighted by molar-refractivity contribution is 5.76. The second-order valence-electron chi connectivity index (χ2n) is 6.22. The van der Waals surface area contributed by atoms with E-state index < -0.39 is 0 Å². The van der Waals surface area contributed by atoms with Gasteiger partial charge in [-0.2, -0.15) is 0 Å². The van der Waals surface area contributed by atoms with Gasteiger partial charge in [0.25, 0.3) is 0 Å². The molecule has 21 heavy (non-hydrogen) atoms. The van der Waals surface area contributed by atoms with Gasteiger partial charge in [0.2, 0.25) is 5.91 Å². The van der Waals surface area contributed by atoms with E-state index in [-0.39, 0.29) is 5.91 Å². The molecule has 2 rings (SSSR count). The highest BCUT2D eigenvalue weighted by Crippen LogP contribution is 2.27. The summed E-state index contributed by atoms with van der Waals surface area (Å²) in [4.78, 5) is 12.2. The molecule has 0 heterocycles. The van der Waals surface area contributed by atoms with Crippen molar-refractivity contribution in [1.29, 1.82) is 0 Å². The molecular weight excluding hydrogens is 260 g/mol.